The molecule has 0 bridgehead atoms. The first kappa shape index (κ1) is 18.7. The van der Waals surface area contributed by atoms with Gasteiger partial charge < -0.3 is 15.1 Å². The number of furan rings is 1. The second-order valence-electron chi connectivity index (χ2n) is 7.02. The van der Waals surface area contributed by atoms with E-state index >= 15 is 0 Å². The van der Waals surface area contributed by atoms with Crippen LogP contribution in [0.3, 0.4) is 0 Å². The minimum absolute atomic E-state index is 0.0573. The van der Waals surface area contributed by atoms with Gasteiger partial charge in [-0.15, -0.1) is 0 Å². The molecule has 0 spiro atoms. The quantitative estimate of drug-likeness (QED) is 0.828. The van der Waals surface area contributed by atoms with Crippen molar-refractivity contribution in [3.05, 3.63) is 59.5 Å². The fourth-order valence-electron chi connectivity index (χ4n) is 3.73. The zero-order valence-corrected chi connectivity index (χ0v) is 15.6. The standard InChI is InChI=1S/C21H29N3O2/c1-2-10-24(21(25)18-12-20(13-22)26-16-18)19-9-6-11-23(15-19)14-17-7-4-3-5-8-17/h3-5,7-8,12,16,19H,2,6,9-11,13-15,22H2,1H3. The predicted molar refractivity (Wildman–Crippen MR) is 103 cm³/mol. The fraction of sp³-hybridized carbons (Fsp3) is 0.476. The highest BCUT2D eigenvalue weighted by Gasteiger charge is 2.29. The lowest BCUT2D eigenvalue weighted by atomic mass is 10.0. The lowest BCUT2D eigenvalue weighted by Crippen LogP contribution is -2.50. The van der Waals surface area contributed by atoms with Crippen LogP contribution in [0.25, 0.3) is 0 Å². The maximum absolute atomic E-state index is 13.0. The number of nitrogens with two attached hydrogens (primary N) is 1. The number of carbonyl (C=O) groups is 1. The van der Waals surface area contributed by atoms with Crippen molar-refractivity contribution < 1.29 is 9.21 Å². The van der Waals surface area contributed by atoms with E-state index in [2.05, 4.69) is 36.1 Å². The third-order valence-corrected chi connectivity index (χ3v) is 5.00. The van der Waals surface area contributed by atoms with Crippen molar-refractivity contribution in [2.45, 2.75) is 45.3 Å². The molecule has 5 heteroatoms. The minimum atomic E-state index is 0.0573. The molecule has 0 aliphatic carbocycles. The van der Waals surface area contributed by atoms with Crippen LogP contribution in [0.5, 0.6) is 0 Å². The third kappa shape index (κ3) is 4.54. The van der Waals surface area contributed by atoms with Gasteiger partial charge in [0.1, 0.15) is 12.0 Å². The Bertz CT molecular complexity index is 698. The lowest BCUT2D eigenvalue weighted by Gasteiger charge is -2.39. The van der Waals surface area contributed by atoms with Gasteiger partial charge in [0.05, 0.1) is 12.1 Å². The van der Waals surface area contributed by atoms with E-state index in [0.717, 1.165) is 45.4 Å². The molecule has 5 nitrogen and oxygen atoms in total. The van der Waals surface area contributed by atoms with Crippen LogP contribution in [-0.2, 0) is 13.1 Å². The zero-order chi connectivity index (χ0) is 18.4. The van der Waals surface area contributed by atoms with Crippen LogP contribution in [-0.4, -0.2) is 41.4 Å². The van der Waals surface area contributed by atoms with Crippen LogP contribution in [0.2, 0.25) is 0 Å². The summed E-state index contributed by atoms with van der Waals surface area (Å²) in [5.74, 6) is 0.709. The number of nitrogens with zero attached hydrogens (tertiary/aromatic N) is 2. The SMILES string of the molecule is CCCN(C(=O)c1coc(CN)c1)C1CCCN(Cc2ccccc2)C1. The van der Waals surface area contributed by atoms with Gasteiger partial charge in [0.25, 0.3) is 5.91 Å². The number of hydrogen-bond acceptors (Lipinski definition) is 4. The van der Waals surface area contributed by atoms with Crippen molar-refractivity contribution >= 4 is 5.91 Å². The molecule has 140 valence electrons. The number of carbonyl (C=O) groups excluding carboxylic acids is 1. The Hall–Kier alpha value is -2.11. The first-order valence-electron chi connectivity index (χ1n) is 9.56. The Morgan fingerprint density at radius 2 is 2.15 bits per heavy atom. The first-order valence-corrected chi connectivity index (χ1v) is 9.56. The van der Waals surface area contributed by atoms with Crippen LogP contribution in [0.1, 0.15) is 47.9 Å². The summed E-state index contributed by atoms with van der Waals surface area (Å²) in [5.41, 5.74) is 7.54. The maximum atomic E-state index is 13.0. The molecule has 1 atom stereocenters. The van der Waals surface area contributed by atoms with Gasteiger partial charge in [-0.05, 0) is 37.4 Å². The fourth-order valence-corrected chi connectivity index (χ4v) is 3.73. The van der Waals surface area contributed by atoms with Gasteiger partial charge >= 0.3 is 0 Å². The molecule has 2 heterocycles. The summed E-state index contributed by atoms with van der Waals surface area (Å²) >= 11 is 0. The van der Waals surface area contributed by atoms with Crippen LogP contribution >= 0.6 is 0 Å². The summed E-state index contributed by atoms with van der Waals surface area (Å²) in [5, 5.41) is 0. The molecule has 2 N–H and O–H groups in total. The van der Waals surface area contributed by atoms with E-state index in [-0.39, 0.29) is 11.9 Å². The van der Waals surface area contributed by atoms with Crippen molar-refractivity contribution in [1.29, 1.82) is 0 Å². The van der Waals surface area contributed by atoms with Crippen molar-refractivity contribution in [2.75, 3.05) is 19.6 Å². The van der Waals surface area contributed by atoms with E-state index in [0.29, 0.717) is 17.9 Å². The smallest absolute Gasteiger partial charge is 0.257 e. The molecule has 3 rings (SSSR count). The molecule has 0 saturated carbocycles. The molecule has 1 amide bonds. The first-order chi connectivity index (χ1) is 12.7. The van der Waals surface area contributed by atoms with Crippen molar-refractivity contribution in [2.24, 2.45) is 5.73 Å². The van der Waals surface area contributed by atoms with E-state index in [1.807, 2.05) is 11.0 Å². The van der Waals surface area contributed by atoms with Crippen molar-refractivity contribution in [3.8, 4) is 0 Å². The lowest BCUT2D eigenvalue weighted by molar-refractivity contribution is 0.0534. The number of benzene rings is 1. The van der Waals surface area contributed by atoms with Gasteiger partial charge in [-0.3, -0.25) is 9.69 Å². The number of hydrogen-bond donors (Lipinski definition) is 1. The summed E-state index contributed by atoms with van der Waals surface area (Å²) in [6, 6.07) is 12.6. The summed E-state index contributed by atoms with van der Waals surface area (Å²) in [4.78, 5) is 17.5. The molecule has 1 aromatic heterocycles. The molecular weight excluding hydrogens is 326 g/mol. The van der Waals surface area contributed by atoms with Crippen molar-refractivity contribution in [3.63, 3.8) is 0 Å². The molecular formula is C21H29N3O2. The molecule has 1 saturated heterocycles. The molecule has 26 heavy (non-hydrogen) atoms. The largest absolute Gasteiger partial charge is 0.467 e. The number of piperidine rings is 1. The highest BCUT2D eigenvalue weighted by atomic mass is 16.3. The molecule has 0 radical (unpaired) electrons. The summed E-state index contributed by atoms with van der Waals surface area (Å²) < 4.78 is 5.37. The van der Waals surface area contributed by atoms with Crippen LogP contribution < -0.4 is 5.73 Å². The number of amides is 1. The Kier molecular flexibility index (Phi) is 6.47. The Morgan fingerprint density at radius 1 is 1.35 bits per heavy atom. The van der Waals surface area contributed by atoms with Crippen LogP contribution in [0.4, 0.5) is 0 Å². The molecule has 1 fully saturated rings. The second kappa shape index (κ2) is 9.01. The highest BCUT2D eigenvalue weighted by Crippen LogP contribution is 2.21. The van der Waals surface area contributed by atoms with Gasteiger partial charge in [-0.25, -0.2) is 0 Å². The average molecular weight is 355 g/mol. The zero-order valence-electron chi connectivity index (χ0n) is 15.6. The van der Waals surface area contributed by atoms with Crippen molar-refractivity contribution in [1.82, 2.24) is 9.80 Å². The van der Waals surface area contributed by atoms with E-state index in [1.165, 1.54) is 11.8 Å². The van der Waals surface area contributed by atoms with E-state index in [1.54, 1.807) is 6.07 Å². The highest BCUT2D eigenvalue weighted by molar-refractivity contribution is 5.94. The second-order valence-corrected chi connectivity index (χ2v) is 7.02. The van der Waals surface area contributed by atoms with Crippen LogP contribution in [0.15, 0.2) is 47.1 Å². The summed E-state index contributed by atoms with van der Waals surface area (Å²) in [6.45, 7) is 6.14. The number of likely N-dealkylation sites (tertiary alicyclic amines) is 1. The third-order valence-electron chi connectivity index (χ3n) is 5.00. The van der Waals surface area contributed by atoms with Gasteiger partial charge in [0.15, 0.2) is 0 Å². The topological polar surface area (TPSA) is 62.7 Å². The molecule has 1 aliphatic heterocycles. The van der Waals surface area contributed by atoms with Gasteiger partial charge in [0.2, 0.25) is 0 Å². The van der Waals surface area contributed by atoms with E-state index < -0.39 is 0 Å². The predicted octanol–water partition coefficient (Wildman–Crippen LogP) is 3.26. The molecule has 1 aromatic carbocycles. The van der Waals surface area contributed by atoms with Gasteiger partial charge in [-0.2, -0.15) is 0 Å². The van der Waals surface area contributed by atoms with E-state index in [9.17, 15) is 4.79 Å². The molecule has 1 aliphatic rings. The summed E-state index contributed by atoms with van der Waals surface area (Å²) in [6.07, 6.45) is 4.66. The number of rotatable bonds is 7. The minimum Gasteiger partial charge on any atom is -0.467 e. The van der Waals surface area contributed by atoms with Crippen LogP contribution in [0, 0.1) is 0 Å². The normalized spacial score (nSPS) is 18.0. The molecule has 1 unspecified atom stereocenters. The van der Waals surface area contributed by atoms with E-state index in [4.69, 9.17) is 10.2 Å². The molecule has 2 aromatic rings. The monoisotopic (exact) mass is 355 g/mol. The van der Waals surface area contributed by atoms with Gasteiger partial charge in [-0.1, -0.05) is 37.3 Å². The Balaban J connectivity index is 1.69. The van der Waals surface area contributed by atoms with Gasteiger partial charge in [0, 0.05) is 25.7 Å². The maximum Gasteiger partial charge on any atom is 0.257 e. The average Bonchev–Trinajstić information content (AvgIpc) is 3.16. The Labute approximate surface area is 155 Å². The Morgan fingerprint density at radius 3 is 2.85 bits per heavy atom. The summed E-state index contributed by atoms with van der Waals surface area (Å²) in [7, 11) is 0.